The maximum absolute atomic E-state index is 12.4. The van der Waals surface area contributed by atoms with Crippen molar-refractivity contribution in [3.8, 4) is 0 Å². The molecule has 1 aliphatic heterocycles. The Morgan fingerprint density at radius 1 is 1.19 bits per heavy atom. The van der Waals surface area contributed by atoms with Gasteiger partial charge in [-0.3, -0.25) is 0 Å². The molecule has 0 radical (unpaired) electrons. The van der Waals surface area contributed by atoms with E-state index in [9.17, 15) is 8.42 Å². The molecule has 0 aromatic heterocycles. The zero-order valence-corrected chi connectivity index (χ0v) is 10.5. The average molecular weight is 243 g/mol. The van der Waals surface area contributed by atoms with Gasteiger partial charge in [-0.2, -0.15) is 0 Å². The van der Waals surface area contributed by atoms with Crippen molar-refractivity contribution in [3.63, 3.8) is 0 Å². The first-order chi connectivity index (χ1) is 7.66. The van der Waals surface area contributed by atoms with E-state index in [-0.39, 0.29) is 10.6 Å². The first-order valence-electron chi connectivity index (χ1n) is 6.25. The largest absolute Gasteiger partial charge is 0.301 e. The molecule has 4 heteroatoms. The Morgan fingerprint density at radius 2 is 1.88 bits per heavy atom. The van der Waals surface area contributed by atoms with Crippen LogP contribution in [0.3, 0.4) is 0 Å². The fraction of sp³-hybridized carbons (Fsp3) is 0.833. The molecule has 2 unspecified atom stereocenters. The summed E-state index contributed by atoms with van der Waals surface area (Å²) in [6.45, 7) is 4.57. The van der Waals surface area contributed by atoms with Gasteiger partial charge in [-0.15, -0.1) is 6.58 Å². The van der Waals surface area contributed by atoms with Crippen LogP contribution in [0.25, 0.3) is 0 Å². The zero-order valence-electron chi connectivity index (χ0n) is 9.69. The lowest BCUT2D eigenvalue weighted by atomic mass is 10.0. The highest BCUT2D eigenvalue weighted by Gasteiger charge is 2.39. The van der Waals surface area contributed by atoms with E-state index in [0.717, 1.165) is 32.2 Å². The predicted molar refractivity (Wildman–Crippen MR) is 65.9 cm³/mol. The SMILES string of the molecule is C=CC(C1CCCC1)S(=O)(=O)C1CCCN1. The molecule has 2 aliphatic rings. The highest BCUT2D eigenvalue weighted by molar-refractivity contribution is 7.92. The van der Waals surface area contributed by atoms with Crippen molar-refractivity contribution in [2.24, 2.45) is 5.92 Å². The lowest BCUT2D eigenvalue weighted by Gasteiger charge is -2.23. The zero-order chi connectivity index (χ0) is 11.6. The van der Waals surface area contributed by atoms with Gasteiger partial charge in [-0.05, 0) is 38.1 Å². The number of nitrogens with one attached hydrogen (secondary N) is 1. The Labute approximate surface area is 98.2 Å². The van der Waals surface area contributed by atoms with Crippen molar-refractivity contribution in [2.45, 2.75) is 49.1 Å². The molecule has 0 aromatic rings. The second-order valence-corrected chi connectivity index (χ2v) is 7.21. The van der Waals surface area contributed by atoms with Gasteiger partial charge in [0.05, 0.1) is 5.25 Å². The Bertz CT molecular complexity index is 338. The van der Waals surface area contributed by atoms with Crippen molar-refractivity contribution in [3.05, 3.63) is 12.7 Å². The van der Waals surface area contributed by atoms with Crippen molar-refractivity contribution in [1.82, 2.24) is 5.32 Å². The topological polar surface area (TPSA) is 46.2 Å². The number of hydrogen-bond acceptors (Lipinski definition) is 3. The Morgan fingerprint density at radius 3 is 2.38 bits per heavy atom. The molecule has 1 saturated carbocycles. The summed E-state index contributed by atoms with van der Waals surface area (Å²) in [7, 11) is -3.06. The van der Waals surface area contributed by atoms with Gasteiger partial charge < -0.3 is 5.32 Å². The van der Waals surface area contributed by atoms with Crippen LogP contribution in [0.1, 0.15) is 38.5 Å². The van der Waals surface area contributed by atoms with Crippen LogP contribution in [-0.2, 0) is 9.84 Å². The summed E-state index contributed by atoms with van der Waals surface area (Å²) in [6, 6.07) is 0. The minimum absolute atomic E-state index is 0.310. The van der Waals surface area contributed by atoms with Crippen LogP contribution in [0.4, 0.5) is 0 Å². The van der Waals surface area contributed by atoms with Crippen LogP contribution in [0.15, 0.2) is 12.7 Å². The van der Waals surface area contributed by atoms with Gasteiger partial charge >= 0.3 is 0 Å². The van der Waals surface area contributed by atoms with Crippen molar-refractivity contribution in [1.29, 1.82) is 0 Å². The van der Waals surface area contributed by atoms with E-state index < -0.39 is 9.84 Å². The van der Waals surface area contributed by atoms with Crippen LogP contribution in [-0.4, -0.2) is 25.6 Å². The number of hydrogen-bond donors (Lipinski definition) is 1. The van der Waals surface area contributed by atoms with Crippen LogP contribution < -0.4 is 5.32 Å². The summed E-state index contributed by atoms with van der Waals surface area (Å²) >= 11 is 0. The van der Waals surface area contributed by atoms with E-state index in [0.29, 0.717) is 5.92 Å². The minimum Gasteiger partial charge on any atom is -0.301 e. The predicted octanol–water partition coefficient (Wildman–Crippen LogP) is 1.86. The third-order valence-electron chi connectivity index (χ3n) is 3.89. The molecule has 0 bridgehead atoms. The smallest absolute Gasteiger partial charge is 0.172 e. The van der Waals surface area contributed by atoms with Crippen molar-refractivity contribution < 1.29 is 8.42 Å². The van der Waals surface area contributed by atoms with Crippen molar-refractivity contribution in [2.75, 3.05) is 6.54 Å². The van der Waals surface area contributed by atoms with Crippen molar-refractivity contribution >= 4 is 9.84 Å². The molecule has 0 amide bonds. The molecule has 0 spiro atoms. The van der Waals surface area contributed by atoms with Gasteiger partial charge in [-0.25, -0.2) is 8.42 Å². The minimum atomic E-state index is -3.06. The Balaban J connectivity index is 2.15. The fourth-order valence-electron chi connectivity index (χ4n) is 3.00. The first-order valence-corrected chi connectivity index (χ1v) is 7.86. The number of sulfone groups is 1. The van der Waals surface area contributed by atoms with Gasteiger partial charge in [0, 0.05) is 0 Å². The monoisotopic (exact) mass is 243 g/mol. The Kier molecular flexibility index (Phi) is 3.70. The molecule has 1 aliphatic carbocycles. The lowest BCUT2D eigenvalue weighted by molar-refractivity contribution is 0.508. The highest BCUT2D eigenvalue weighted by atomic mass is 32.2. The molecular weight excluding hydrogens is 222 g/mol. The summed E-state index contributed by atoms with van der Waals surface area (Å²) in [5.74, 6) is 0.310. The second-order valence-electron chi connectivity index (χ2n) is 4.92. The average Bonchev–Trinajstić information content (AvgIpc) is 2.91. The molecule has 0 aromatic carbocycles. The summed E-state index contributed by atoms with van der Waals surface area (Å²) in [5.41, 5.74) is 0. The van der Waals surface area contributed by atoms with E-state index >= 15 is 0 Å². The molecule has 2 fully saturated rings. The van der Waals surface area contributed by atoms with Gasteiger partial charge in [0.15, 0.2) is 9.84 Å². The lowest BCUT2D eigenvalue weighted by Crippen LogP contribution is -2.40. The quantitative estimate of drug-likeness (QED) is 0.767. The summed E-state index contributed by atoms with van der Waals surface area (Å²) in [5, 5.41) is 2.45. The van der Waals surface area contributed by atoms with Gasteiger partial charge in [0.1, 0.15) is 5.37 Å². The molecule has 2 atom stereocenters. The van der Waals surface area contributed by atoms with Gasteiger partial charge in [0.2, 0.25) is 0 Å². The summed E-state index contributed by atoms with van der Waals surface area (Å²) in [4.78, 5) is 0. The maximum Gasteiger partial charge on any atom is 0.172 e. The van der Waals surface area contributed by atoms with E-state index in [1.165, 1.54) is 12.8 Å². The first kappa shape index (κ1) is 12.1. The standard InChI is InChI=1S/C12H21NO2S/c1-2-11(10-6-3-4-7-10)16(14,15)12-8-5-9-13-12/h2,10-13H,1,3-9H2. The van der Waals surface area contributed by atoms with Crippen LogP contribution in [0, 0.1) is 5.92 Å². The van der Waals surface area contributed by atoms with Gasteiger partial charge in [0.25, 0.3) is 0 Å². The normalized spacial score (nSPS) is 29.4. The molecule has 1 heterocycles. The molecular formula is C12H21NO2S. The van der Waals surface area contributed by atoms with Crippen LogP contribution >= 0.6 is 0 Å². The fourth-order valence-corrected chi connectivity index (χ4v) is 5.31. The number of rotatable bonds is 4. The molecule has 16 heavy (non-hydrogen) atoms. The Hall–Kier alpha value is -0.350. The van der Waals surface area contributed by atoms with E-state index in [1.54, 1.807) is 6.08 Å². The molecule has 92 valence electrons. The molecule has 1 saturated heterocycles. The van der Waals surface area contributed by atoms with E-state index in [1.807, 2.05) is 0 Å². The molecule has 3 nitrogen and oxygen atoms in total. The summed E-state index contributed by atoms with van der Waals surface area (Å²) < 4.78 is 24.8. The van der Waals surface area contributed by atoms with E-state index in [2.05, 4.69) is 11.9 Å². The van der Waals surface area contributed by atoms with Crippen LogP contribution in [0.2, 0.25) is 0 Å². The van der Waals surface area contributed by atoms with E-state index in [4.69, 9.17) is 0 Å². The summed E-state index contributed by atoms with van der Waals surface area (Å²) in [6.07, 6.45) is 7.82. The maximum atomic E-state index is 12.4. The van der Waals surface area contributed by atoms with Gasteiger partial charge in [-0.1, -0.05) is 18.9 Å². The third-order valence-corrected chi connectivity index (χ3v) is 6.42. The molecule has 1 N–H and O–H groups in total. The molecule has 2 rings (SSSR count). The highest BCUT2D eigenvalue weighted by Crippen LogP contribution is 2.33. The van der Waals surface area contributed by atoms with Crippen LogP contribution in [0.5, 0.6) is 0 Å². The third kappa shape index (κ3) is 2.18. The second kappa shape index (κ2) is 4.88.